The van der Waals surface area contributed by atoms with Crippen LogP contribution in [0.25, 0.3) is 0 Å². The summed E-state index contributed by atoms with van der Waals surface area (Å²) in [4.78, 5) is 17.8. The SMILES string of the molecule is CSc1nsc(SCC(=O)Nc2sc3c(c2C#N)CCCCC3)n1. The molecule has 24 heavy (non-hydrogen) atoms. The molecule has 0 saturated heterocycles. The zero-order chi connectivity index (χ0) is 16.9. The maximum Gasteiger partial charge on any atom is 0.235 e. The van der Waals surface area contributed by atoms with Gasteiger partial charge in [0.1, 0.15) is 11.1 Å². The number of amides is 1. The summed E-state index contributed by atoms with van der Waals surface area (Å²) in [5.41, 5.74) is 1.81. The molecule has 0 saturated carbocycles. The van der Waals surface area contributed by atoms with Crippen molar-refractivity contribution in [2.45, 2.75) is 41.6 Å². The number of rotatable bonds is 5. The maximum atomic E-state index is 12.2. The molecule has 0 spiro atoms. The van der Waals surface area contributed by atoms with Gasteiger partial charge in [0.05, 0.1) is 11.3 Å². The summed E-state index contributed by atoms with van der Waals surface area (Å²) < 4.78 is 4.97. The number of aryl methyl sites for hydroxylation is 1. The van der Waals surface area contributed by atoms with E-state index in [-0.39, 0.29) is 11.7 Å². The second-order valence-corrected chi connectivity index (χ2v) is 9.12. The van der Waals surface area contributed by atoms with Crippen LogP contribution < -0.4 is 5.32 Å². The molecule has 0 radical (unpaired) electrons. The lowest BCUT2D eigenvalue weighted by Crippen LogP contribution is -2.13. The molecule has 1 N–H and O–H groups in total. The molecule has 0 bridgehead atoms. The summed E-state index contributed by atoms with van der Waals surface area (Å²) in [5.74, 6) is 0.171. The van der Waals surface area contributed by atoms with Gasteiger partial charge in [-0.3, -0.25) is 4.79 Å². The highest BCUT2D eigenvalue weighted by Gasteiger charge is 2.21. The molecule has 0 atom stereocenters. The highest BCUT2D eigenvalue weighted by molar-refractivity contribution is 8.01. The van der Waals surface area contributed by atoms with Crippen molar-refractivity contribution in [2.24, 2.45) is 0 Å². The molecule has 0 aromatic carbocycles. The van der Waals surface area contributed by atoms with Crippen LogP contribution in [-0.2, 0) is 17.6 Å². The first-order valence-corrected chi connectivity index (χ1v) is 11.4. The molecule has 126 valence electrons. The molecule has 0 aliphatic heterocycles. The molecule has 2 aromatic heterocycles. The van der Waals surface area contributed by atoms with E-state index in [4.69, 9.17) is 0 Å². The number of carbonyl (C=O) groups is 1. The van der Waals surface area contributed by atoms with Gasteiger partial charge >= 0.3 is 0 Å². The lowest BCUT2D eigenvalue weighted by atomic mass is 10.1. The van der Waals surface area contributed by atoms with E-state index < -0.39 is 0 Å². The Bertz CT molecular complexity index is 777. The minimum Gasteiger partial charge on any atom is -0.316 e. The number of thioether (sulfide) groups is 2. The van der Waals surface area contributed by atoms with Crippen molar-refractivity contribution in [3.05, 3.63) is 16.0 Å². The molecule has 1 aliphatic carbocycles. The van der Waals surface area contributed by atoms with Crippen molar-refractivity contribution in [2.75, 3.05) is 17.3 Å². The van der Waals surface area contributed by atoms with Gasteiger partial charge in [-0.1, -0.05) is 29.9 Å². The average molecular weight is 397 g/mol. The van der Waals surface area contributed by atoms with E-state index >= 15 is 0 Å². The third-order valence-corrected chi connectivity index (χ3v) is 7.39. The second-order valence-electron chi connectivity index (χ2n) is 5.26. The zero-order valence-corrected chi connectivity index (χ0v) is 16.4. The van der Waals surface area contributed by atoms with Crippen molar-refractivity contribution < 1.29 is 4.79 Å². The first-order chi connectivity index (χ1) is 11.7. The van der Waals surface area contributed by atoms with Crippen molar-refractivity contribution >= 4 is 57.3 Å². The van der Waals surface area contributed by atoms with E-state index in [9.17, 15) is 10.1 Å². The van der Waals surface area contributed by atoms with Gasteiger partial charge in [0.15, 0.2) is 4.34 Å². The van der Waals surface area contributed by atoms with Gasteiger partial charge in [0.2, 0.25) is 11.1 Å². The lowest BCUT2D eigenvalue weighted by molar-refractivity contribution is -0.113. The fourth-order valence-electron chi connectivity index (χ4n) is 2.58. The van der Waals surface area contributed by atoms with E-state index in [0.29, 0.717) is 10.6 Å². The molecule has 3 rings (SSSR count). The predicted molar refractivity (Wildman–Crippen MR) is 101 cm³/mol. The molecule has 5 nitrogen and oxygen atoms in total. The van der Waals surface area contributed by atoms with E-state index in [1.165, 1.54) is 46.4 Å². The van der Waals surface area contributed by atoms with Crippen LogP contribution >= 0.6 is 46.4 Å². The van der Waals surface area contributed by atoms with Crippen LogP contribution in [-0.4, -0.2) is 27.3 Å². The molecule has 9 heteroatoms. The number of anilines is 1. The van der Waals surface area contributed by atoms with Crippen LogP contribution in [0.1, 0.15) is 35.3 Å². The molecule has 0 unspecified atom stereocenters. The molecule has 1 aliphatic rings. The summed E-state index contributed by atoms with van der Waals surface area (Å²) in [6.07, 6.45) is 7.38. The summed E-state index contributed by atoms with van der Waals surface area (Å²) in [5, 5.41) is 13.8. The quantitative estimate of drug-likeness (QED) is 0.603. The first-order valence-electron chi connectivity index (χ1n) is 7.56. The summed E-state index contributed by atoms with van der Waals surface area (Å²) in [6.45, 7) is 0. The van der Waals surface area contributed by atoms with Crippen LogP contribution in [0.5, 0.6) is 0 Å². The Labute approximate surface area is 157 Å². The third-order valence-electron chi connectivity index (χ3n) is 3.68. The van der Waals surface area contributed by atoms with E-state index in [1.54, 1.807) is 11.3 Å². The van der Waals surface area contributed by atoms with E-state index in [2.05, 4.69) is 20.7 Å². The number of nitrogens with one attached hydrogen (secondary N) is 1. The van der Waals surface area contributed by atoms with E-state index in [1.807, 2.05) is 6.26 Å². The Kier molecular flexibility index (Phi) is 6.16. The van der Waals surface area contributed by atoms with Crippen LogP contribution in [0.4, 0.5) is 5.00 Å². The summed E-state index contributed by atoms with van der Waals surface area (Å²) in [6, 6.07) is 2.29. The average Bonchev–Trinajstić information content (AvgIpc) is 3.10. The van der Waals surface area contributed by atoms with Crippen molar-refractivity contribution in [3.63, 3.8) is 0 Å². The first kappa shape index (κ1) is 17.7. The number of nitriles is 1. The number of thiophene rings is 1. The third kappa shape index (κ3) is 4.11. The number of aromatic nitrogens is 2. The number of carbonyl (C=O) groups excluding carboxylic acids is 1. The van der Waals surface area contributed by atoms with Crippen LogP contribution in [0.2, 0.25) is 0 Å². The normalized spacial score (nSPS) is 13.8. The molecule has 0 fully saturated rings. The molecule has 2 heterocycles. The van der Waals surface area contributed by atoms with Crippen LogP contribution in [0.3, 0.4) is 0 Å². The Morgan fingerprint density at radius 1 is 1.38 bits per heavy atom. The Morgan fingerprint density at radius 3 is 2.96 bits per heavy atom. The highest BCUT2D eigenvalue weighted by atomic mass is 32.2. The monoisotopic (exact) mass is 396 g/mol. The van der Waals surface area contributed by atoms with Crippen molar-refractivity contribution in [3.8, 4) is 6.07 Å². The minimum atomic E-state index is -0.103. The van der Waals surface area contributed by atoms with Gasteiger partial charge in [-0.2, -0.15) is 9.64 Å². The predicted octanol–water partition coefficient (Wildman–Crippen LogP) is 4.19. The lowest BCUT2D eigenvalue weighted by Gasteiger charge is -2.03. The number of hydrogen-bond donors (Lipinski definition) is 1. The Balaban J connectivity index is 1.65. The summed E-state index contributed by atoms with van der Waals surface area (Å²) >= 11 is 5.74. The highest BCUT2D eigenvalue weighted by Crippen LogP contribution is 2.37. The molecule has 1 amide bonds. The Morgan fingerprint density at radius 2 is 2.21 bits per heavy atom. The number of nitrogens with zero attached hydrogens (tertiary/aromatic N) is 3. The Hall–Kier alpha value is -1.08. The van der Waals surface area contributed by atoms with Gasteiger partial charge in [0.25, 0.3) is 0 Å². The van der Waals surface area contributed by atoms with Gasteiger partial charge < -0.3 is 5.32 Å². The number of fused-ring (bicyclic) bond motifs is 1. The van der Waals surface area contributed by atoms with Crippen LogP contribution in [0, 0.1) is 11.3 Å². The van der Waals surface area contributed by atoms with Crippen molar-refractivity contribution in [1.82, 2.24) is 9.36 Å². The van der Waals surface area contributed by atoms with E-state index in [0.717, 1.165) is 40.7 Å². The standard InChI is InChI=1S/C15H16N4OS4/c1-21-14-18-15(24-19-14)22-8-12(20)17-13-10(7-16)9-5-3-2-4-6-11(9)23-13/h2-6,8H2,1H3,(H,17,20). The molecular formula is C15H16N4OS4. The second kappa shape index (κ2) is 8.34. The molecule has 2 aromatic rings. The molecular weight excluding hydrogens is 380 g/mol. The smallest absolute Gasteiger partial charge is 0.235 e. The van der Waals surface area contributed by atoms with Crippen molar-refractivity contribution in [1.29, 1.82) is 5.26 Å². The van der Waals surface area contributed by atoms with Gasteiger partial charge in [0, 0.05) is 4.88 Å². The minimum absolute atomic E-state index is 0.103. The maximum absolute atomic E-state index is 12.2. The fourth-order valence-corrected chi connectivity index (χ4v) is 5.84. The summed E-state index contributed by atoms with van der Waals surface area (Å²) in [7, 11) is 0. The van der Waals surface area contributed by atoms with Gasteiger partial charge in [-0.05, 0) is 49.0 Å². The largest absolute Gasteiger partial charge is 0.316 e. The topological polar surface area (TPSA) is 78.7 Å². The zero-order valence-electron chi connectivity index (χ0n) is 13.1. The fraction of sp³-hybridized carbons (Fsp3) is 0.467. The van der Waals surface area contributed by atoms with Gasteiger partial charge in [-0.15, -0.1) is 11.3 Å². The van der Waals surface area contributed by atoms with Gasteiger partial charge in [-0.25, -0.2) is 4.98 Å². The number of hydrogen-bond acceptors (Lipinski definition) is 8. The van der Waals surface area contributed by atoms with Crippen LogP contribution in [0.15, 0.2) is 9.50 Å².